The van der Waals surface area contributed by atoms with Crippen molar-refractivity contribution < 1.29 is 23.7 Å². The van der Waals surface area contributed by atoms with E-state index >= 15 is 0 Å². The maximum atomic E-state index is 12.9. The first-order chi connectivity index (χ1) is 16.1. The molecule has 0 radical (unpaired) electrons. The molecule has 1 aliphatic heterocycles. The summed E-state index contributed by atoms with van der Waals surface area (Å²) in [5.74, 6) is 2.35. The molecule has 33 heavy (non-hydrogen) atoms. The van der Waals surface area contributed by atoms with E-state index in [0.717, 1.165) is 16.9 Å². The molecule has 3 aromatic rings. The number of benzene rings is 3. The molecule has 0 saturated heterocycles. The van der Waals surface area contributed by atoms with Crippen LogP contribution in [0.2, 0.25) is 5.02 Å². The first-order valence-electron chi connectivity index (χ1n) is 10.5. The zero-order chi connectivity index (χ0) is 23.2. The summed E-state index contributed by atoms with van der Waals surface area (Å²) < 4.78 is 21.5. The van der Waals surface area contributed by atoms with Crippen molar-refractivity contribution in [1.29, 1.82) is 0 Å². The summed E-state index contributed by atoms with van der Waals surface area (Å²) in [6.07, 6.45) is 1.27. The number of carbonyl (C=O) groups excluding carboxylic acids is 1. The van der Waals surface area contributed by atoms with Gasteiger partial charge in [-0.3, -0.25) is 0 Å². The van der Waals surface area contributed by atoms with E-state index in [-0.39, 0.29) is 18.9 Å². The number of urea groups is 1. The van der Waals surface area contributed by atoms with Crippen LogP contribution in [-0.4, -0.2) is 33.1 Å². The van der Waals surface area contributed by atoms with Gasteiger partial charge in [-0.1, -0.05) is 48.0 Å². The molecule has 7 nitrogen and oxygen atoms in total. The normalized spacial score (nSPS) is 12.7. The Kier molecular flexibility index (Phi) is 7.10. The first kappa shape index (κ1) is 22.6. The van der Waals surface area contributed by atoms with Crippen LogP contribution >= 0.6 is 11.6 Å². The number of halogens is 1. The first-order valence-corrected chi connectivity index (χ1v) is 10.8. The summed E-state index contributed by atoms with van der Waals surface area (Å²) in [5, 5.41) is 6.29. The number of methoxy groups -OCH3 is 2. The molecule has 0 unspecified atom stereocenters. The quantitative estimate of drug-likeness (QED) is 0.483. The number of rotatable bonds is 8. The third-order valence-corrected chi connectivity index (χ3v) is 5.60. The van der Waals surface area contributed by atoms with Gasteiger partial charge in [-0.05, 0) is 42.2 Å². The molecule has 1 heterocycles. The Bertz CT molecular complexity index is 1120. The topological polar surface area (TPSA) is 78.1 Å². The Balaban J connectivity index is 1.51. The van der Waals surface area contributed by atoms with Gasteiger partial charge < -0.3 is 29.6 Å². The summed E-state index contributed by atoms with van der Waals surface area (Å²) in [5.41, 5.74) is 2.60. The minimum atomic E-state index is -0.365. The summed E-state index contributed by atoms with van der Waals surface area (Å²) in [4.78, 5) is 12.9. The number of anilines is 1. The standard InChI is InChI=1S/C25H25ClN2O5/c1-30-22-14-23(31-2)20(13-19(22)26)28-25(29)27-18(10-16-6-4-3-5-7-16)11-17-8-9-21-24(12-17)33-15-32-21/h3-9,12-14,18H,10-11,15H2,1-2H3,(H2,27,28,29)/t18-/m1/s1. The highest BCUT2D eigenvalue weighted by atomic mass is 35.5. The second-order valence-electron chi connectivity index (χ2n) is 7.56. The van der Waals surface area contributed by atoms with Crippen LogP contribution in [0.4, 0.5) is 10.5 Å². The minimum Gasteiger partial charge on any atom is -0.495 e. The lowest BCUT2D eigenvalue weighted by Crippen LogP contribution is -2.40. The van der Waals surface area contributed by atoms with Gasteiger partial charge in [-0.25, -0.2) is 4.79 Å². The van der Waals surface area contributed by atoms with Gasteiger partial charge in [0.2, 0.25) is 6.79 Å². The van der Waals surface area contributed by atoms with E-state index in [1.54, 1.807) is 12.1 Å². The molecule has 0 aliphatic carbocycles. The average molecular weight is 469 g/mol. The van der Waals surface area contributed by atoms with Crippen LogP contribution in [0.1, 0.15) is 11.1 Å². The van der Waals surface area contributed by atoms with E-state index in [9.17, 15) is 4.79 Å². The minimum absolute atomic E-state index is 0.174. The van der Waals surface area contributed by atoms with Gasteiger partial charge in [-0.2, -0.15) is 0 Å². The van der Waals surface area contributed by atoms with Crippen LogP contribution in [0.5, 0.6) is 23.0 Å². The Hall–Kier alpha value is -3.58. The van der Waals surface area contributed by atoms with Crippen LogP contribution in [0.15, 0.2) is 60.7 Å². The van der Waals surface area contributed by atoms with Crippen molar-refractivity contribution in [3.63, 3.8) is 0 Å². The lowest BCUT2D eigenvalue weighted by atomic mass is 9.98. The van der Waals surface area contributed by atoms with Gasteiger partial charge in [0, 0.05) is 12.1 Å². The summed E-state index contributed by atoms with van der Waals surface area (Å²) in [6, 6.07) is 18.5. The van der Waals surface area contributed by atoms with Crippen molar-refractivity contribution in [2.75, 3.05) is 26.3 Å². The lowest BCUT2D eigenvalue weighted by Gasteiger charge is -2.21. The molecule has 0 aromatic heterocycles. The van der Waals surface area contributed by atoms with Crippen molar-refractivity contribution in [2.45, 2.75) is 18.9 Å². The van der Waals surface area contributed by atoms with Crippen LogP contribution in [0.3, 0.4) is 0 Å². The van der Waals surface area contributed by atoms with Gasteiger partial charge in [0.05, 0.1) is 24.9 Å². The molecule has 4 rings (SSSR count). The van der Waals surface area contributed by atoms with E-state index < -0.39 is 0 Å². The van der Waals surface area contributed by atoms with Crippen LogP contribution in [0, 0.1) is 0 Å². The van der Waals surface area contributed by atoms with Gasteiger partial charge >= 0.3 is 6.03 Å². The SMILES string of the molecule is COc1cc(OC)c(NC(=O)N[C@H](Cc2ccccc2)Cc2ccc3c(c2)OCO3)cc1Cl. The highest BCUT2D eigenvalue weighted by molar-refractivity contribution is 6.32. The molecular weight excluding hydrogens is 444 g/mol. The number of carbonyl (C=O) groups is 1. The molecule has 0 spiro atoms. The lowest BCUT2D eigenvalue weighted by molar-refractivity contribution is 0.174. The number of hydrogen-bond donors (Lipinski definition) is 2. The van der Waals surface area contributed by atoms with Gasteiger partial charge in [0.25, 0.3) is 0 Å². The van der Waals surface area contributed by atoms with Gasteiger partial charge in [0.15, 0.2) is 11.5 Å². The number of nitrogens with one attached hydrogen (secondary N) is 2. The Labute approximate surface area is 197 Å². The molecule has 0 bridgehead atoms. The zero-order valence-electron chi connectivity index (χ0n) is 18.4. The number of fused-ring (bicyclic) bond motifs is 1. The monoisotopic (exact) mass is 468 g/mol. The molecule has 2 N–H and O–H groups in total. The van der Waals surface area contributed by atoms with Gasteiger partial charge in [0.1, 0.15) is 11.5 Å². The molecule has 2 amide bonds. The predicted octanol–water partition coefficient (Wildman–Crippen LogP) is 5.06. The average Bonchev–Trinajstić information content (AvgIpc) is 3.28. The Morgan fingerprint density at radius 2 is 1.67 bits per heavy atom. The van der Waals surface area contributed by atoms with Crippen molar-refractivity contribution in [3.05, 3.63) is 76.8 Å². The molecule has 0 saturated carbocycles. The van der Waals surface area contributed by atoms with E-state index in [1.807, 2.05) is 48.5 Å². The van der Waals surface area contributed by atoms with Crippen LogP contribution in [-0.2, 0) is 12.8 Å². The highest BCUT2D eigenvalue weighted by Crippen LogP contribution is 2.36. The number of hydrogen-bond acceptors (Lipinski definition) is 5. The second-order valence-corrected chi connectivity index (χ2v) is 7.97. The molecule has 172 valence electrons. The fourth-order valence-electron chi connectivity index (χ4n) is 3.73. The molecule has 1 aliphatic rings. The van der Waals surface area contributed by atoms with Crippen molar-refractivity contribution in [3.8, 4) is 23.0 Å². The van der Waals surface area contributed by atoms with E-state index in [1.165, 1.54) is 14.2 Å². The highest BCUT2D eigenvalue weighted by Gasteiger charge is 2.19. The molecule has 8 heteroatoms. The largest absolute Gasteiger partial charge is 0.495 e. The predicted molar refractivity (Wildman–Crippen MR) is 127 cm³/mol. The molecule has 1 atom stereocenters. The Morgan fingerprint density at radius 3 is 2.42 bits per heavy atom. The third-order valence-electron chi connectivity index (χ3n) is 5.30. The van der Waals surface area contributed by atoms with E-state index in [2.05, 4.69) is 10.6 Å². The summed E-state index contributed by atoms with van der Waals surface area (Å²) in [7, 11) is 3.04. The maximum Gasteiger partial charge on any atom is 0.319 e. The Morgan fingerprint density at radius 1 is 0.939 bits per heavy atom. The van der Waals surface area contributed by atoms with Crippen LogP contribution < -0.4 is 29.6 Å². The maximum absolute atomic E-state index is 12.9. The van der Waals surface area contributed by atoms with E-state index in [4.69, 9.17) is 30.5 Å². The third kappa shape index (κ3) is 5.62. The summed E-state index contributed by atoms with van der Waals surface area (Å²) in [6.45, 7) is 0.221. The fourth-order valence-corrected chi connectivity index (χ4v) is 3.97. The number of ether oxygens (including phenoxy) is 4. The second kappa shape index (κ2) is 10.4. The summed E-state index contributed by atoms with van der Waals surface area (Å²) >= 11 is 6.23. The molecule has 0 fully saturated rings. The molecule has 3 aromatic carbocycles. The van der Waals surface area contributed by atoms with E-state index in [0.29, 0.717) is 40.8 Å². The van der Waals surface area contributed by atoms with Crippen molar-refractivity contribution in [1.82, 2.24) is 5.32 Å². The number of amides is 2. The van der Waals surface area contributed by atoms with Gasteiger partial charge in [-0.15, -0.1) is 0 Å². The zero-order valence-corrected chi connectivity index (χ0v) is 19.1. The fraction of sp³-hybridized carbons (Fsp3) is 0.240. The van der Waals surface area contributed by atoms with Crippen molar-refractivity contribution >= 4 is 23.3 Å². The molecular formula is C25H25ClN2O5. The smallest absolute Gasteiger partial charge is 0.319 e. The van der Waals surface area contributed by atoms with Crippen molar-refractivity contribution in [2.24, 2.45) is 0 Å². The van der Waals surface area contributed by atoms with Crippen LogP contribution in [0.25, 0.3) is 0 Å².